The number of hydrogen-bond acceptors (Lipinski definition) is 5. The molecule has 4 aromatic rings. The van der Waals surface area contributed by atoms with Crippen LogP contribution in [0.1, 0.15) is 11.1 Å². The second-order valence-corrected chi connectivity index (χ2v) is 7.42. The van der Waals surface area contributed by atoms with Crippen LogP contribution in [0.2, 0.25) is 0 Å². The molecule has 7 heteroatoms. The number of pyridine rings is 1. The number of amides is 1. The Morgan fingerprint density at radius 1 is 1.00 bits per heavy atom. The van der Waals surface area contributed by atoms with Crippen LogP contribution < -0.4 is 15.7 Å². The van der Waals surface area contributed by atoms with Crippen LogP contribution in [-0.4, -0.2) is 29.2 Å². The molecule has 0 saturated heterocycles. The number of carbonyl (C=O) groups is 1. The zero-order valence-electron chi connectivity index (χ0n) is 16.6. The van der Waals surface area contributed by atoms with Crippen molar-refractivity contribution >= 4 is 46.8 Å². The number of carbonyl (C=O) groups excluding carboxylic acids is 1. The number of para-hydroxylation sites is 1. The zero-order valence-corrected chi connectivity index (χ0v) is 16.6. The third kappa shape index (κ3) is 3.91. The standard InChI is InChI=1S/C24H19BN4O2/c30-24(28-21-8-7-19-15-26-11-10-18(19)14-21)13-17-6-9-23-20(12-17)16-27-29(25(23)31)22-4-2-1-3-5-22/h1-12,14-16,31H,13H2,(H,28,30). The third-order valence-corrected chi connectivity index (χ3v) is 5.29. The van der Waals surface area contributed by atoms with Crippen molar-refractivity contribution in [1.29, 1.82) is 0 Å². The highest BCUT2D eigenvalue weighted by Crippen LogP contribution is 2.20. The van der Waals surface area contributed by atoms with E-state index in [4.69, 9.17) is 0 Å². The Balaban J connectivity index is 1.31. The fraction of sp³-hybridized carbons (Fsp3) is 0.0417. The minimum atomic E-state index is -0.877. The molecule has 31 heavy (non-hydrogen) atoms. The lowest BCUT2D eigenvalue weighted by Crippen LogP contribution is -2.50. The van der Waals surface area contributed by atoms with E-state index in [9.17, 15) is 9.82 Å². The van der Waals surface area contributed by atoms with Crippen LogP contribution in [0.3, 0.4) is 0 Å². The van der Waals surface area contributed by atoms with E-state index in [2.05, 4.69) is 15.4 Å². The summed E-state index contributed by atoms with van der Waals surface area (Å²) in [5.74, 6) is -0.104. The van der Waals surface area contributed by atoms with Gasteiger partial charge in [-0.3, -0.25) is 14.7 Å². The Bertz CT molecular complexity index is 1290. The molecule has 6 nitrogen and oxygen atoms in total. The average molecular weight is 406 g/mol. The molecule has 3 aromatic carbocycles. The maximum absolute atomic E-state index is 12.6. The number of aromatic nitrogens is 1. The Morgan fingerprint density at radius 2 is 1.87 bits per heavy atom. The van der Waals surface area contributed by atoms with E-state index < -0.39 is 7.05 Å². The number of hydrazone groups is 1. The topological polar surface area (TPSA) is 77.8 Å². The van der Waals surface area contributed by atoms with E-state index in [1.807, 2.05) is 72.8 Å². The first-order valence-corrected chi connectivity index (χ1v) is 10.0. The Morgan fingerprint density at radius 3 is 2.74 bits per heavy atom. The maximum Gasteiger partial charge on any atom is 0.471 e. The molecule has 5 rings (SSSR count). The van der Waals surface area contributed by atoms with E-state index >= 15 is 0 Å². The molecule has 0 bridgehead atoms. The summed E-state index contributed by atoms with van der Waals surface area (Å²) < 4.78 is 0. The molecular weight excluding hydrogens is 387 g/mol. The van der Waals surface area contributed by atoms with E-state index in [0.29, 0.717) is 0 Å². The van der Waals surface area contributed by atoms with E-state index in [0.717, 1.165) is 38.7 Å². The van der Waals surface area contributed by atoms with Gasteiger partial charge in [-0.15, -0.1) is 0 Å². The highest BCUT2D eigenvalue weighted by molar-refractivity contribution is 6.71. The van der Waals surface area contributed by atoms with Gasteiger partial charge in [0.25, 0.3) is 0 Å². The van der Waals surface area contributed by atoms with Crippen LogP contribution in [0.25, 0.3) is 10.8 Å². The fourth-order valence-corrected chi connectivity index (χ4v) is 3.74. The first-order valence-electron chi connectivity index (χ1n) is 10.0. The maximum atomic E-state index is 12.6. The van der Waals surface area contributed by atoms with E-state index in [-0.39, 0.29) is 12.3 Å². The van der Waals surface area contributed by atoms with Gasteiger partial charge in [-0.05, 0) is 58.4 Å². The van der Waals surface area contributed by atoms with Gasteiger partial charge >= 0.3 is 7.05 Å². The fourth-order valence-electron chi connectivity index (χ4n) is 3.74. The summed E-state index contributed by atoms with van der Waals surface area (Å²) in [5.41, 5.74) is 3.98. The SMILES string of the molecule is O=C(Cc1ccc2c(c1)C=NN(c1ccccc1)B2O)Nc1ccc2cnccc2c1. The molecule has 0 unspecified atom stereocenters. The Kier molecular flexibility index (Phi) is 4.94. The number of benzene rings is 3. The van der Waals surface area contributed by atoms with Crippen LogP contribution >= 0.6 is 0 Å². The lowest BCUT2D eigenvalue weighted by Gasteiger charge is -2.27. The summed E-state index contributed by atoms with van der Waals surface area (Å²) in [7, 11) is -0.877. The van der Waals surface area contributed by atoms with Gasteiger partial charge in [0.1, 0.15) is 0 Å². The van der Waals surface area contributed by atoms with Crippen molar-refractivity contribution in [3.05, 3.63) is 96.3 Å². The molecule has 0 spiro atoms. The van der Waals surface area contributed by atoms with Gasteiger partial charge in [0.2, 0.25) is 5.91 Å². The predicted molar refractivity (Wildman–Crippen MR) is 125 cm³/mol. The summed E-state index contributed by atoms with van der Waals surface area (Å²) in [6, 6.07) is 22.8. The molecule has 0 radical (unpaired) electrons. The van der Waals surface area contributed by atoms with Gasteiger partial charge in [0, 0.05) is 29.2 Å². The van der Waals surface area contributed by atoms with E-state index in [1.54, 1.807) is 23.5 Å². The second-order valence-electron chi connectivity index (χ2n) is 7.42. The van der Waals surface area contributed by atoms with Gasteiger partial charge in [0.15, 0.2) is 0 Å². The van der Waals surface area contributed by atoms with Gasteiger partial charge in [-0.25, -0.2) is 0 Å². The molecule has 150 valence electrons. The second kappa shape index (κ2) is 8.05. The summed E-state index contributed by atoms with van der Waals surface area (Å²) in [6.45, 7) is 0. The molecule has 0 aliphatic carbocycles. The van der Waals surface area contributed by atoms with Crippen molar-refractivity contribution in [3.63, 3.8) is 0 Å². The van der Waals surface area contributed by atoms with E-state index in [1.165, 1.54) is 0 Å². The van der Waals surface area contributed by atoms with Crippen LogP contribution in [0.4, 0.5) is 11.4 Å². The minimum absolute atomic E-state index is 0.104. The molecule has 0 saturated carbocycles. The monoisotopic (exact) mass is 406 g/mol. The highest BCUT2D eigenvalue weighted by atomic mass is 16.2. The van der Waals surface area contributed by atoms with Crippen molar-refractivity contribution in [2.24, 2.45) is 5.10 Å². The molecule has 2 heterocycles. The van der Waals surface area contributed by atoms with Crippen LogP contribution in [0.15, 0.2) is 90.3 Å². The van der Waals surface area contributed by atoms with Crippen LogP contribution in [0, 0.1) is 0 Å². The molecule has 2 N–H and O–H groups in total. The zero-order chi connectivity index (χ0) is 21.2. The van der Waals surface area contributed by atoms with Gasteiger partial charge in [-0.1, -0.05) is 36.4 Å². The predicted octanol–water partition coefficient (Wildman–Crippen LogP) is 2.96. The molecule has 1 amide bonds. The van der Waals surface area contributed by atoms with Gasteiger partial charge < -0.3 is 10.3 Å². The lowest BCUT2D eigenvalue weighted by atomic mass is 9.69. The molecule has 1 aromatic heterocycles. The first-order chi connectivity index (χ1) is 15.2. The van der Waals surface area contributed by atoms with Crippen molar-refractivity contribution in [2.45, 2.75) is 6.42 Å². The van der Waals surface area contributed by atoms with Crippen LogP contribution in [-0.2, 0) is 11.2 Å². The minimum Gasteiger partial charge on any atom is -0.427 e. The van der Waals surface area contributed by atoms with Crippen LogP contribution in [0.5, 0.6) is 0 Å². The molecule has 0 fully saturated rings. The molecule has 1 aliphatic rings. The Hall–Kier alpha value is -3.97. The molecule has 1 aliphatic heterocycles. The Labute approximate surface area is 180 Å². The van der Waals surface area contributed by atoms with Crippen molar-refractivity contribution in [1.82, 2.24) is 4.98 Å². The molecular formula is C24H19BN4O2. The van der Waals surface area contributed by atoms with Gasteiger partial charge in [0.05, 0.1) is 12.6 Å². The summed E-state index contributed by atoms with van der Waals surface area (Å²) in [5, 5.41) is 20.1. The number of nitrogens with one attached hydrogen (secondary N) is 1. The quantitative estimate of drug-likeness (QED) is 0.511. The summed E-state index contributed by atoms with van der Waals surface area (Å²) in [6.07, 6.45) is 5.47. The third-order valence-electron chi connectivity index (χ3n) is 5.29. The summed E-state index contributed by atoms with van der Waals surface area (Å²) >= 11 is 0. The number of anilines is 2. The normalized spacial score (nSPS) is 12.7. The molecule has 0 atom stereocenters. The van der Waals surface area contributed by atoms with Crippen molar-refractivity contribution < 1.29 is 9.82 Å². The first kappa shape index (κ1) is 19.0. The number of rotatable bonds is 4. The largest absolute Gasteiger partial charge is 0.471 e. The summed E-state index contributed by atoms with van der Waals surface area (Å²) in [4.78, 5) is 18.2. The average Bonchev–Trinajstić information content (AvgIpc) is 2.80. The number of fused-ring (bicyclic) bond motifs is 2. The number of nitrogens with zero attached hydrogens (tertiary/aromatic N) is 3. The smallest absolute Gasteiger partial charge is 0.427 e. The number of hydrogen-bond donors (Lipinski definition) is 2. The highest BCUT2D eigenvalue weighted by Gasteiger charge is 2.30. The lowest BCUT2D eigenvalue weighted by molar-refractivity contribution is -0.115. The van der Waals surface area contributed by atoms with Crippen molar-refractivity contribution in [2.75, 3.05) is 10.2 Å². The van der Waals surface area contributed by atoms with Gasteiger partial charge in [-0.2, -0.15) is 5.10 Å². The van der Waals surface area contributed by atoms with Crippen molar-refractivity contribution in [3.8, 4) is 0 Å².